The fourth-order valence-electron chi connectivity index (χ4n) is 2.41. The van der Waals surface area contributed by atoms with Gasteiger partial charge in [-0.25, -0.2) is 8.42 Å². The highest BCUT2D eigenvalue weighted by Gasteiger charge is 2.23. The number of hydrogen-bond donors (Lipinski definition) is 1. The lowest BCUT2D eigenvalue weighted by atomic mass is 10.00. The molecule has 1 aromatic rings. The van der Waals surface area contributed by atoms with E-state index in [0.29, 0.717) is 6.61 Å². The molecule has 0 spiro atoms. The second-order valence-corrected chi connectivity index (χ2v) is 7.39. The van der Waals surface area contributed by atoms with Crippen LogP contribution in [0, 0.1) is 0 Å². The molecule has 1 heterocycles. The predicted octanol–water partition coefficient (Wildman–Crippen LogP) is 1.92. The molecule has 0 amide bonds. The van der Waals surface area contributed by atoms with E-state index >= 15 is 0 Å². The van der Waals surface area contributed by atoms with Crippen molar-refractivity contribution in [1.29, 1.82) is 0 Å². The van der Waals surface area contributed by atoms with Crippen LogP contribution >= 0.6 is 0 Å². The smallest absolute Gasteiger partial charge is 0.151 e. The Morgan fingerprint density at radius 3 is 2.89 bits per heavy atom. The van der Waals surface area contributed by atoms with Gasteiger partial charge in [-0.3, -0.25) is 0 Å². The highest BCUT2D eigenvalue weighted by molar-refractivity contribution is 7.91. The quantitative estimate of drug-likeness (QED) is 0.897. The Morgan fingerprint density at radius 2 is 2.16 bits per heavy atom. The monoisotopic (exact) mass is 283 g/mol. The van der Waals surface area contributed by atoms with Crippen LogP contribution in [0.4, 0.5) is 0 Å². The summed E-state index contributed by atoms with van der Waals surface area (Å²) in [5.74, 6) is 1.28. The molecule has 2 rings (SSSR count). The van der Waals surface area contributed by atoms with E-state index in [2.05, 4.69) is 5.32 Å². The Bertz CT molecular complexity index is 527. The van der Waals surface area contributed by atoms with Gasteiger partial charge in [0.15, 0.2) is 9.84 Å². The maximum atomic E-state index is 11.6. The summed E-state index contributed by atoms with van der Waals surface area (Å²) in [5, 5.41) is 3.41. The van der Waals surface area contributed by atoms with Crippen molar-refractivity contribution < 1.29 is 13.2 Å². The van der Waals surface area contributed by atoms with Crippen LogP contribution in [0.5, 0.6) is 5.75 Å². The van der Waals surface area contributed by atoms with Crippen molar-refractivity contribution in [3.05, 3.63) is 29.8 Å². The Kier molecular flexibility index (Phi) is 4.47. The summed E-state index contributed by atoms with van der Waals surface area (Å²) in [5.41, 5.74) is 1.12. The standard InChI is InChI=1S/C14H21NO3S/c1-3-19(16,17)10-11(2)15-13-8-9-18-14-7-5-4-6-12(13)14/h4-7,11,13,15H,3,8-10H2,1-2H3. The topological polar surface area (TPSA) is 55.4 Å². The Hall–Kier alpha value is -1.07. The highest BCUT2D eigenvalue weighted by Crippen LogP contribution is 2.31. The van der Waals surface area contributed by atoms with Crippen molar-refractivity contribution in [2.24, 2.45) is 0 Å². The summed E-state index contributed by atoms with van der Waals surface area (Å²) in [7, 11) is -2.94. The van der Waals surface area contributed by atoms with E-state index in [4.69, 9.17) is 4.74 Å². The SMILES string of the molecule is CCS(=O)(=O)CC(C)NC1CCOc2ccccc21. The van der Waals surface area contributed by atoms with Gasteiger partial charge in [0, 0.05) is 29.8 Å². The number of para-hydroxylation sites is 1. The summed E-state index contributed by atoms with van der Waals surface area (Å²) in [4.78, 5) is 0. The highest BCUT2D eigenvalue weighted by atomic mass is 32.2. The lowest BCUT2D eigenvalue weighted by Crippen LogP contribution is -2.38. The van der Waals surface area contributed by atoms with Crippen LogP contribution in [0.1, 0.15) is 31.9 Å². The molecule has 0 saturated heterocycles. The second-order valence-electron chi connectivity index (χ2n) is 4.99. The van der Waals surface area contributed by atoms with Crippen LogP contribution in [-0.4, -0.2) is 32.6 Å². The molecule has 19 heavy (non-hydrogen) atoms. The van der Waals surface area contributed by atoms with E-state index in [1.54, 1.807) is 6.92 Å². The van der Waals surface area contributed by atoms with E-state index < -0.39 is 9.84 Å². The zero-order valence-corrected chi connectivity index (χ0v) is 12.2. The van der Waals surface area contributed by atoms with Gasteiger partial charge in [-0.15, -0.1) is 0 Å². The Morgan fingerprint density at radius 1 is 1.42 bits per heavy atom. The predicted molar refractivity (Wildman–Crippen MR) is 76.2 cm³/mol. The van der Waals surface area contributed by atoms with Crippen LogP contribution in [0.3, 0.4) is 0 Å². The fourth-order valence-corrected chi connectivity index (χ4v) is 3.50. The molecule has 106 valence electrons. The first-order valence-electron chi connectivity index (χ1n) is 6.70. The molecule has 0 radical (unpaired) electrons. The van der Waals surface area contributed by atoms with Crippen LogP contribution < -0.4 is 10.1 Å². The molecule has 1 aromatic carbocycles. The third kappa shape index (κ3) is 3.70. The summed E-state index contributed by atoms with van der Waals surface area (Å²) in [6.45, 7) is 4.28. The number of ether oxygens (including phenoxy) is 1. The molecule has 0 bridgehead atoms. The molecule has 1 N–H and O–H groups in total. The maximum Gasteiger partial charge on any atom is 0.151 e. The minimum atomic E-state index is -2.94. The largest absolute Gasteiger partial charge is 0.493 e. The molecule has 0 aromatic heterocycles. The number of sulfone groups is 1. The van der Waals surface area contributed by atoms with Crippen molar-refractivity contribution in [3.63, 3.8) is 0 Å². The van der Waals surface area contributed by atoms with Crippen molar-refractivity contribution in [3.8, 4) is 5.75 Å². The van der Waals surface area contributed by atoms with Crippen LogP contribution in [0.25, 0.3) is 0 Å². The van der Waals surface area contributed by atoms with Gasteiger partial charge in [0.1, 0.15) is 5.75 Å². The maximum absolute atomic E-state index is 11.6. The first kappa shape index (κ1) is 14.3. The first-order valence-corrected chi connectivity index (χ1v) is 8.52. The fraction of sp³-hybridized carbons (Fsp3) is 0.571. The number of rotatable bonds is 5. The van der Waals surface area contributed by atoms with Crippen molar-refractivity contribution in [1.82, 2.24) is 5.32 Å². The lowest BCUT2D eigenvalue weighted by molar-refractivity contribution is 0.247. The third-order valence-electron chi connectivity index (χ3n) is 3.39. The van der Waals surface area contributed by atoms with Crippen LogP contribution in [0.2, 0.25) is 0 Å². The number of benzene rings is 1. The second kappa shape index (κ2) is 5.92. The summed E-state index contributed by atoms with van der Waals surface area (Å²) in [6, 6.07) is 8.04. The molecule has 4 nitrogen and oxygen atoms in total. The van der Waals surface area contributed by atoms with Crippen molar-refractivity contribution in [2.75, 3.05) is 18.1 Å². The lowest BCUT2D eigenvalue weighted by Gasteiger charge is -2.29. The minimum Gasteiger partial charge on any atom is -0.493 e. The third-order valence-corrected chi connectivity index (χ3v) is 5.28. The molecule has 2 unspecified atom stereocenters. The van der Waals surface area contributed by atoms with Crippen LogP contribution in [0.15, 0.2) is 24.3 Å². The van der Waals surface area contributed by atoms with Gasteiger partial charge in [0.2, 0.25) is 0 Å². The molecule has 1 aliphatic heterocycles. The van der Waals surface area contributed by atoms with Gasteiger partial charge in [-0.2, -0.15) is 0 Å². The molecule has 0 saturated carbocycles. The summed E-state index contributed by atoms with van der Waals surface area (Å²) >= 11 is 0. The molecule has 0 fully saturated rings. The molecular weight excluding hydrogens is 262 g/mol. The molecular formula is C14H21NO3S. The normalized spacial score (nSPS) is 20.4. The number of hydrogen-bond acceptors (Lipinski definition) is 4. The van der Waals surface area contributed by atoms with Crippen molar-refractivity contribution in [2.45, 2.75) is 32.4 Å². The van der Waals surface area contributed by atoms with Gasteiger partial charge in [0.05, 0.1) is 12.4 Å². The van der Waals surface area contributed by atoms with E-state index in [9.17, 15) is 8.42 Å². The minimum absolute atomic E-state index is 0.0545. The zero-order chi connectivity index (χ0) is 13.9. The molecule has 2 atom stereocenters. The Labute approximate surface area is 115 Å². The van der Waals surface area contributed by atoms with Gasteiger partial charge >= 0.3 is 0 Å². The summed E-state index contributed by atoms with van der Waals surface area (Å²) in [6.07, 6.45) is 0.869. The summed E-state index contributed by atoms with van der Waals surface area (Å²) < 4.78 is 28.9. The number of fused-ring (bicyclic) bond motifs is 1. The molecule has 1 aliphatic rings. The van der Waals surface area contributed by atoms with E-state index in [1.165, 1.54) is 0 Å². The van der Waals surface area contributed by atoms with E-state index in [1.807, 2.05) is 31.2 Å². The zero-order valence-electron chi connectivity index (χ0n) is 11.4. The first-order chi connectivity index (χ1) is 9.02. The number of nitrogens with one attached hydrogen (secondary N) is 1. The van der Waals surface area contributed by atoms with E-state index in [0.717, 1.165) is 17.7 Å². The van der Waals surface area contributed by atoms with Gasteiger partial charge < -0.3 is 10.1 Å². The average molecular weight is 283 g/mol. The Balaban J connectivity index is 2.05. The average Bonchev–Trinajstić information content (AvgIpc) is 2.38. The van der Waals surface area contributed by atoms with Crippen molar-refractivity contribution >= 4 is 9.84 Å². The van der Waals surface area contributed by atoms with Gasteiger partial charge in [0.25, 0.3) is 0 Å². The molecule has 0 aliphatic carbocycles. The van der Waals surface area contributed by atoms with Gasteiger partial charge in [-0.05, 0) is 13.0 Å². The van der Waals surface area contributed by atoms with Crippen LogP contribution in [-0.2, 0) is 9.84 Å². The van der Waals surface area contributed by atoms with E-state index in [-0.39, 0.29) is 23.6 Å². The molecule has 5 heteroatoms. The van der Waals surface area contributed by atoms with Gasteiger partial charge in [-0.1, -0.05) is 25.1 Å².